The first-order valence-electron chi connectivity index (χ1n) is 7.35. The number of nitrogens with zero attached hydrogens (tertiary/aromatic N) is 3. The highest BCUT2D eigenvalue weighted by molar-refractivity contribution is 5.38. The first-order chi connectivity index (χ1) is 10.5. The van der Waals surface area contributed by atoms with E-state index in [0.717, 1.165) is 25.8 Å². The SMILES string of the molecule is N#Cc1ccc(NCCC2CCN(CC(F)(F)F)CC2)nc1. The molecular weight excluding hydrogens is 293 g/mol. The van der Waals surface area contributed by atoms with Crippen LogP contribution in [0.2, 0.25) is 0 Å². The van der Waals surface area contributed by atoms with Gasteiger partial charge in [0.15, 0.2) is 0 Å². The zero-order valence-electron chi connectivity index (χ0n) is 12.2. The molecule has 2 rings (SSSR count). The molecule has 1 saturated heterocycles. The molecular formula is C15H19F3N4. The number of pyridine rings is 1. The zero-order valence-corrected chi connectivity index (χ0v) is 12.2. The topological polar surface area (TPSA) is 52.0 Å². The second-order valence-corrected chi connectivity index (χ2v) is 5.59. The van der Waals surface area contributed by atoms with E-state index in [-0.39, 0.29) is 0 Å². The average molecular weight is 312 g/mol. The van der Waals surface area contributed by atoms with Gasteiger partial charge in [-0.05, 0) is 50.4 Å². The molecule has 0 bridgehead atoms. The van der Waals surface area contributed by atoms with Crippen molar-refractivity contribution < 1.29 is 13.2 Å². The lowest BCUT2D eigenvalue weighted by atomic mass is 9.93. The number of anilines is 1. The molecule has 0 aromatic carbocycles. The molecule has 1 aliphatic rings. The van der Waals surface area contributed by atoms with Crippen molar-refractivity contribution in [1.82, 2.24) is 9.88 Å². The van der Waals surface area contributed by atoms with Crippen LogP contribution in [0.3, 0.4) is 0 Å². The number of likely N-dealkylation sites (tertiary alicyclic amines) is 1. The van der Waals surface area contributed by atoms with Crippen molar-refractivity contribution in [1.29, 1.82) is 5.26 Å². The van der Waals surface area contributed by atoms with E-state index in [1.807, 2.05) is 6.07 Å². The number of hydrogen-bond donors (Lipinski definition) is 1. The van der Waals surface area contributed by atoms with Crippen molar-refractivity contribution >= 4 is 5.82 Å². The van der Waals surface area contributed by atoms with Gasteiger partial charge in [-0.25, -0.2) is 4.98 Å². The Bertz CT molecular complexity index is 499. The summed E-state index contributed by atoms with van der Waals surface area (Å²) in [6.07, 6.45) is -0.0632. The fraction of sp³-hybridized carbons (Fsp3) is 0.600. The predicted molar refractivity (Wildman–Crippen MR) is 77.3 cm³/mol. The highest BCUT2D eigenvalue weighted by Crippen LogP contribution is 2.24. The molecule has 0 amide bonds. The van der Waals surface area contributed by atoms with Crippen molar-refractivity contribution in [2.45, 2.75) is 25.4 Å². The molecule has 22 heavy (non-hydrogen) atoms. The zero-order chi connectivity index (χ0) is 16.0. The van der Waals surface area contributed by atoms with E-state index in [2.05, 4.69) is 10.3 Å². The maximum absolute atomic E-state index is 12.3. The predicted octanol–water partition coefficient (Wildman–Crippen LogP) is 3.03. The van der Waals surface area contributed by atoms with E-state index in [1.54, 1.807) is 12.1 Å². The van der Waals surface area contributed by atoms with E-state index in [1.165, 1.54) is 11.1 Å². The summed E-state index contributed by atoms with van der Waals surface area (Å²) in [6, 6.07) is 5.46. The maximum Gasteiger partial charge on any atom is 0.401 e. The minimum absolute atomic E-state index is 0.454. The molecule has 1 aromatic heterocycles. The molecule has 7 heteroatoms. The lowest BCUT2D eigenvalue weighted by Gasteiger charge is -2.32. The van der Waals surface area contributed by atoms with Crippen LogP contribution in [0.25, 0.3) is 0 Å². The van der Waals surface area contributed by atoms with E-state index in [0.29, 0.717) is 30.4 Å². The molecule has 1 fully saturated rings. The third kappa shape index (κ3) is 5.53. The Morgan fingerprint density at radius 2 is 2.05 bits per heavy atom. The van der Waals surface area contributed by atoms with Gasteiger partial charge >= 0.3 is 6.18 Å². The minimum atomic E-state index is -4.10. The minimum Gasteiger partial charge on any atom is -0.370 e. The number of halogens is 3. The van der Waals surface area contributed by atoms with Crippen LogP contribution in [-0.2, 0) is 0 Å². The molecule has 1 N–H and O–H groups in total. The fourth-order valence-electron chi connectivity index (χ4n) is 2.66. The molecule has 2 heterocycles. The van der Waals surface area contributed by atoms with E-state index >= 15 is 0 Å². The Hall–Kier alpha value is -1.81. The van der Waals surface area contributed by atoms with Crippen LogP contribution < -0.4 is 5.32 Å². The lowest BCUT2D eigenvalue weighted by molar-refractivity contribution is -0.148. The summed E-state index contributed by atoms with van der Waals surface area (Å²) < 4.78 is 36.9. The van der Waals surface area contributed by atoms with Gasteiger partial charge in [0.2, 0.25) is 0 Å². The quantitative estimate of drug-likeness (QED) is 0.908. The largest absolute Gasteiger partial charge is 0.401 e. The van der Waals surface area contributed by atoms with Gasteiger partial charge in [-0.1, -0.05) is 0 Å². The summed E-state index contributed by atoms with van der Waals surface area (Å²) in [5.74, 6) is 1.17. The smallest absolute Gasteiger partial charge is 0.370 e. The highest BCUT2D eigenvalue weighted by atomic mass is 19.4. The molecule has 4 nitrogen and oxygen atoms in total. The highest BCUT2D eigenvalue weighted by Gasteiger charge is 2.32. The number of piperidine rings is 1. The summed E-state index contributed by atoms with van der Waals surface area (Å²) in [6.45, 7) is 0.967. The van der Waals surface area contributed by atoms with Gasteiger partial charge in [0.05, 0.1) is 12.1 Å². The van der Waals surface area contributed by atoms with Gasteiger partial charge in [-0.15, -0.1) is 0 Å². The molecule has 0 spiro atoms. The average Bonchev–Trinajstić information content (AvgIpc) is 2.48. The third-order valence-electron chi connectivity index (χ3n) is 3.86. The Labute approximate surface area is 127 Å². The van der Waals surface area contributed by atoms with Gasteiger partial charge in [-0.3, -0.25) is 4.90 Å². The lowest BCUT2D eigenvalue weighted by Crippen LogP contribution is -2.40. The number of aromatic nitrogens is 1. The summed E-state index contributed by atoms with van der Waals surface area (Å²) in [4.78, 5) is 5.60. The molecule has 0 saturated carbocycles. The Morgan fingerprint density at radius 3 is 2.59 bits per heavy atom. The van der Waals surface area contributed by atoms with Gasteiger partial charge < -0.3 is 5.32 Å². The number of nitriles is 1. The first kappa shape index (κ1) is 16.6. The Balaban J connectivity index is 1.65. The van der Waals surface area contributed by atoms with E-state index in [9.17, 15) is 13.2 Å². The molecule has 0 aliphatic carbocycles. The molecule has 0 unspecified atom stereocenters. The number of hydrogen-bond acceptors (Lipinski definition) is 4. The summed E-state index contributed by atoms with van der Waals surface area (Å²) in [5, 5.41) is 11.9. The van der Waals surface area contributed by atoms with Crippen LogP contribution in [0.5, 0.6) is 0 Å². The first-order valence-corrected chi connectivity index (χ1v) is 7.35. The number of nitrogens with one attached hydrogen (secondary N) is 1. The van der Waals surface area contributed by atoms with Gasteiger partial charge in [0.1, 0.15) is 11.9 Å². The van der Waals surface area contributed by atoms with Gasteiger partial charge in [0.25, 0.3) is 0 Å². The number of rotatable bonds is 5. The Morgan fingerprint density at radius 1 is 1.32 bits per heavy atom. The van der Waals surface area contributed by atoms with Crippen molar-refractivity contribution in [2.24, 2.45) is 5.92 Å². The molecule has 0 atom stereocenters. The van der Waals surface area contributed by atoms with E-state index in [4.69, 9.17) is 5.26 Å². The van der Waals surface area contributed by atoms with Crippen LogP contribution >= 0.6 is 0 Å². The van der Waals surface area contributed by atoms with Crippen molar-refractivity contribution in [3.05, 3.63) is 23.9 Å². The number of alkyl halides is 3. The van der Waals surface area contributed by atoms with Crippen molar-refractivity contribution in [3.63, 3.8) is 0 Å². The third-order valence-corrected chi connectivity index (χ3v) is 3.86. The van der Waals surface area contributed by atoms with Crippen LogP contribution in [-0.4, -0.2) is 42.2 Å². The molecule has 120 valence electrons. The van der Waals surface area contributed by atoms with Crippen LogP contribution in [0.15, 0.2) is 18.3 Å². The summed E-state index contributed by atoms with van der Waals surface area (Å²) in [7, 11) is 0. The summed E-state index contributed by atoms with van der Waals surface area (Å²) >= 11 is 0. The van der Waals surface area contributed by atoms with Crippen molar-refractivity contribution in [2.75, 3.05) is 31.5 Å². The monoisotopic (exact) mass is 312 g/mol. The second kappa shape index (κ2) is 7.45. The molecule has 1 aromatic rings. The normalized spacial score (nSPS) is 17.2. The van der Waals surface area contributed by atoms with Gasteiger partial charge in [-0.2, -0.15) is 18.4 Å². The van der Waals surface area contributed by atoms with Crippen molar-refractivity contribution in [3.8, 4) is 6.07 Å². The van der Waals surface area contributed by atoms with E-state index < -0.39 is 12.7 Å². The molecule has 1 aliphatic heterocycles. The molecule has 0 radical (unpaired) electrons. The van der Waals surface area contributed by atoms with Gasteiger partial charge in [0, 0.05) is 12.7 Å². The summed E-state index contributed by atoms with van der Waals surface area (Å²) in [5.41, 5.74) is 0.516. The standard InChI is InChI=1S/C15H19F3N4/c16-15(17,18)11-22-7-4-12(5-8-22)3-6-20-14-2-1-13(9-19)10-21-14/h1-2,10,12H,3-8,11H2,(H,20,21). The van der Waals surface area contributed by atoms with Crippen LogP contribution in [0.4, 0.5) is 19.0 Å². The van der Waals surface area contributed by atoms with Crippen LogP contribution in [0, 0.1) is 17.2 Å². The fourth-order valence-corrected chi connectivity index (χ4v) is 2.66. The Kier molecular flexibility index (Phi) is 5.61. The second-order valence-electron chi connectivity index (χ2n) is 5.59. The van der Waals surface area contributed by atoms with Crippen LogP contribution in [0.1, 0.15) is 24.8 Å². The maximum atomic E-state index is 12.3.